The number of sulfonamides is 1. The van der Waals surface area contributed by atoms with E-state index >= 15 is 0 Å². The molecule has 0 radical (unpaired) electrons. The molecule has 0 spiro atoms. The van der Waals surface area contributed by atoms with Crippen LogP contribution in [0.25, 0.3) is 0 Å². The zero-order chi connectivity index (χ0) is 16.0. The number of carbonyl (C=O) groups is 2. The second-order valence-electron chi connectivity index (χ2n) is 4.41. The first-order valence-corrected chi connectivity index (χ1v) is 7.90. The average Bonchev–Trinajstić information content (AvgIpc) is 2.45. The Morgan fingerprint density at radius 3 is 2.33 bits per heavy atom. The number of benzene rings is 1. The monoisotopic (exact) mass is 314 g/mol. The lowest BCUT2D eigenvalue weighted by atomic mass is 10.1. The van der Waals surface area contributed by atoms with Gasteiger partial charge < -0.3 is 10.4 Å². The number of amides is 1. The van der Waals surface area contributed by atoms with E-state index in [0.717, 1.165) is 4.31 Å². The number of rotatable bonds is 7. The summed E-state index contributed by atoms with van der Waals surface area (Å²) in [6, 6.07) is 6.98. The van der Waals surface area contributed by atoms with Crippen molar-refractivity contribution in [3.8, 4) is 0 Å². The van der Waals surface area contributed by atoms with Crippen LogP contribution in [0, 0.1) is 0 Å². The smallest absolute Gasteiger partial charge is 0.330 e. The lowest BCUT2D eigenvalue weighted by Crippen LogP contribution is -2.42. The Balaban J connectivity index is 2.78. The number of nitrogens with zero attached hydrogens (tertiary/aromatic N) is 1. The number of aliphatic carboxylic acids is 1. The molecular weight excluding hydrogens is 296 g/mol. The van der Waals surface area contributed by atoms with E-state index in [-0.39, 0.29) is 5.75 Å². The predicted octanol–water partition coefficient (Wildman–Crippen LogP) is 0.210. The first-order chi connectivity index (χ1) is 9.77. The van der Waals surface area contributed by atoms with Gasteiger partial charge in [-0.15, -0.1) is 0 Å². The van der Waals surface area contributed by atoms with E-state index in [1.54, 1.807) is 30.3 Å². The van der Waals surface area contributed by atoms with Crippen LogP contribution < -0.4 is 5.32 Å². The SMILES string of the molecule is CCS(=O)(=O)N(C)CC(=O)NC(C(=O)O)c1ccccc1. The number of hydrogen-bond acceptors (Lipinski definition) is 4. The fraction of sp³-hybridized carbons (Fsp3) is 0.385. The Bertz CT molecular complexity index is 600. The minimum absolute atomic E-state index is 0.127. The summed E-state index contributed by atoms with van der Waals surface area (Å²) in [7, 11) is -2.21. The summed E-state index contributed by atoms with van der Waals surface area (Å²) < 4.78 is 24.0. The maximum atomic E-state index is 11.8. The number of carbonyl (C=O) groups excluding carboxylic acids is 1. The summed E-state index contributed by atoms with van der Waals surface area (Å²) in [5, 5.41) is 11.5. The highest BCUT2D eigenvalue weighted by Gasteiger charge is 2.24. The molecule has 0 aliphatic rings. The van der Waals surface area contributed by atoms with Crippen LogP contribution in [0.4, 0.5) is 0 Å². The molecule has 0 heterocycles. The van der Waals surface area contributed by atoms with Gasteiger partial charge in [-0.05, 0) is 12.5 Å². The van der Waals surface area contributed by atoms with Gasteiger partial charge in [0.2, 0.25) is 15.9 Å². The van der Waals surface area contributed by atoms with Crippen LogP contribution in [0.1, 0.15) is 18.5 Å². The zero-order valence-corrected chi connectivity index (χ0v) is 12.6. The van der Waals surface area contributed by atoms with E-state index in [2.05, 4.69) is 5.32 Å². The summed E-state index contributed by atoms with van der Waals surface area (Å²) in [6.45, 7) is 1.04. The van der Waals surface area contributed by atoms with Crippen LogP contribution >= 0.6 is 0 Å². The number of likely N-dealkylation sites (N-methyl/N-ethyl adjacent to an activating group) is 1. The Kier molecular flexibility index (Phi) is 5.86. The predicted molar refractivity (Wildman–Crippen MR) is 77.1 cm³/mol. The first-order valence-electron chi connectivity index (χ1n) is 6.29. The van der Waals surface area contributed by atoms with Crippen LogP contribution in [0.15, 0.2) is 30.3 Å². The second-order valence-corrected chi connectivity index (χ2v) is 6.77. The molecule has 0 aromatic heterocycles. The topological polar surface area (TPSA) is 104 Å². The summed E-state index contributed by atoms with van der Waals surface area (Å²) in [6.07, 6.45) is 0. The molecule has 0 saturated heterocycles. The molecule has 0 aliphatic carbocycles. The summed E-state index contributed by atoms with van der Waals surface area (Å²) >= 11 is 0. The van der Waals surface area contributed by atoms with Crippen LogP contribution in [0.3, 0.4) is 0 Å². The Morgan fingerprint density at radius 1 is 1.29 bits per heavy atom. The second kappa shape index (κ2) is 7.19. The summed E-state index contributed by atoms with van der Waals surface area (Å²) in [5.74, 6) is -2.01. The quantitative estimate of drug-likeness (QED) is 0.749. The van der Waals surface area contributed by atoms with Gasteiger partial charge >= 0.3 is 5.97 Å². The molecule has 8 heteroatoms. The third-order valence-corrected chi connectivity index (χ3v) is 4.70. The fourth-order valence-electron chi connectivity index (χ4n) is 1.66. The van der Waals surface area contributed by atoms with Crippen molar-refractivity contribution >= 4 is 21.9 Å². The van der Waals surface area contributed by atoms with Gasteiger partial charge in [0.15, 0.2) is 6.04 Å². The molecule has 0 bridgehead atoms. The van der Waals surface area contributed by atoms with Gasteiger partial charge in [-0.2, -0.15) is 4.31 Å². The highest BCUT2D eigenvalue weighted by Crippen LogP contribution is 2.12. The Labute approximate surface area is 123 Å². The number of carboxylic acids is 1. The van der Waals surface area contributed by atoms with E-state index in [0.29, 0.717) is 5.56 Å². The maximum Gasteiger partial charge on any atom is 0.330 e. The minimum Gasteiger partial charge on any atom is -0.479 e. The van der Waals surface area contributed by atoms with E-state index < -0.39 is 34.5 Å². The number of hydrogen-bond donors (Lipinski definition) is 2. The van der Waals surface area contributed by atoms with Gasteiger partial charge in [-0.25, -0.2) is 13.2 Å². The van der Waals surface area contributed by atoms with Gasteiger partial charge in [0.25, 0.3) is 0 Å². The molecule has 0 aliphatic heterocycles. The maximum absolute atomic E-state index is 11.8. The molecule has 0 fully saturated rings. The molecule has 1 aromatic rings. The van der Waals surface area contributed by atoms with Crippen molar-refractivity contribution in [3.05, 3.63) is 35.9 Å². The van der Waals surface area contributed by atoms with Crippen LogP contribution in [-0.4, -0.2) is 49.1 Å². The Morgan fingerprint density at radius 2 is 1.86 bits per heavy atom. The molecule has 0 saturated carbocycles. The first kappa shape index (κ1) is 17.1. The van der Waals surface area contributed by atoms with Gasteiger partial charge in [-0.3, -0.25) is 4.79 Å². The molecule has 2 N–H and O–H groups in total. The normalized spacial score (nSPS) is 12.9. The fourth-order valence-corrected chi connectivity index (χ4v) is 2.42. The number of nitrogens with one attached hydrogen (secondary N) is 1. The molecule has 1 unspecified atom stereocenters. The highest BCUT2D eigenvalue weighted by atomic mass is 32.2. The summed E-state index contributed by atoms with van der Waals surface area (Å²) in [5.41, 5.74) is 0.416. The third-order valence-electron chi connectivity index (χ3n) is 2.89. The number of carboxylic acid groups (broad SMARTS) is 1. The minimum atomic E-state index is -3.49. The van der Waals surface area contributed by atoms with E-state index in [4.69, 9.17) is 5.11 Å². The van der Waals surface area contributed by atoms with Gasteiger partial charge in [0.05, 0.1) is 12.3 Å². The lowest BCUT2D eigenvalue weighted by molar-refractivity contribution is -0.142. The van der Waals surface area contributed by atoms with Crippen molar-refractivity contribution in [3.63, 3.8) is 0 Å². The molecule has 7 nitrogen and oxygen atoms in total. The van der Waals surface area contributed by atoms with Gasteiger partial charge in [0.1, 0.15) is 0 Å². The van der Waals surface area contributed by atoms with Gasteiger partial charge in [0, 0.05) is 7.05 Å². The van der Waals surface area contributed by atoms with Crippen molar-refractivity contribution in [1.29, 1.82) is 0 Å². The van der Waals surface area contributed by atoms with Crippen molar-refractivity contribution in [2.75, 3.05) is 19.3 Å². The average molecular weight is 314 g/mol. The van der Waals surface area contributed by atoms with Crippen LogP contribution in [0.5, 0.6) is 0 Å². The molecular formula is C13H18N2O5S. The van der Waals surface area contributed by atoms with Crippen molar-refractivity contribution < 1.29 is 23.1 Å². The molecule has 1 rings (SSSR count). The molecule has 21 heavy (non-hydrogen) atoms. The van der Waals surface area contributed by atoms with Gasteiger partial charge in [-0.1, -0.05) is 30.3 Å². The molecule has 1 atom stereocenters. The van der Waals surface area contributed by atoms with Crippen LogP contribution in [0.2, 0.25) is 0 Å². The summed E-state index contributed by atoms with van der Waals surface area (Å²) in [4.78, 5) is 23.1. The highest BCUT2D eigenvalue weighted by molar-refractivity contribution is 7.89. The van der Waals surface area contributed by atoms with Crippen molar-refractivity contribution in [1.82, 2.24) is 9.62 Å². The zero-order valence-electron chi connectivity index (χ0n) is 11.8. The standard InChI is InChI=1S/C13H18N2O5S/c1-3-21(19,20)15(2)9-11(16)14-12(13(17)18)10-7-5-4-6-8-10/h4-8,12H,3,9H2,1-2H3,(H,14,16)(H,17,18). The lowest BCUT2D eigenvalue weighted by Gasteiger charge is -2.18. The largest absolute Gasteiger partial charge is 0.479 e. The van der Waals surface area contributed by atoms with E-state index in [1.807, 2.05) is 0 Å². The van der Waals surface area contributed by atoms with E-state index in [1.165, 1.54) is 14.0 Å². The van der Waals surface area contributed by atoms with Crippen molar-refractivity contribution in [2.24, 2.45) is 0 Å². The Hall–Kier alpha value is -1.93. The third kappa shape index (κ3) is 4.83. The molecule has 1 amide bonds. The van der Waals surface area contributed by atoms with E-state index in [9.17, 15) is 18.0 Å². The van der Waals surface area contributed by atoms with Crippen molar-refractivity contribution in [2.45, 2.75) is 13.0 Å². The van der Waals surface area contributed by atoms with Crippen LogP contribution in [-0.2, 0) is 19.6 Å². The molecule has 116 valence electrons. The molecule has 1 aromatic carbocycles.